The van der Waals surface area contributed by atoms with Gasteiger partial charge in [0.05, 0.1) is 24.7 Å². The summed E-state index contributed by atoms with van der Waals surface area (Å²) in [7, 11) is 0. The lowest BCUT2D eigenvalue weighted by Crippen LogP contribution is -2.37. The topological polar surface area (TPSA) is 53.3 Å². The Bertz CT molecular complexity index is 734. The van der Waals surface area contributed by atoms with Crippen molar-refractivity contribution in [3.63, 3.8) is 0 Å². The summed E-state index contributed by atoms with van der Waals surface area (Å²) in [6, 6.07) is 15.1. The molecule has 130 valence electrons. The second kappa shape index (κ2) is 8.84. The molecule has 0 heterocycles. The number of carbonyl (C=O) groups excluding carboxylic acids is 1. The molecular formula is C20H21FN2O2. The van der Waals surface area contributed by atoms with Crippen LogP contribution in [0.3, 0.4) is 0 Å². The minimum absolute atomic E-state index is 0.0125. The molecule has 0 saturated carbocycles. The van der Waals surface area contributed by atoms with Crippen molar-refractivity contribution in [2.24, 2.45) is 0 Å². The molecule has 2 aromatic carbocycles. The van der Waals surface area contributed by atoms with Crippen molar-refractivity contribution in [1.82, 2.24) is 4.90 Å². The zero-order chi connectivity index (χ0) is 18.2. The van der Waals surface area contributed by atoms with Gasteiger partial charge in [0.2, 0.25) is 5.91 Å². The Balaban J connectivity index is 1.90. The van der Waals surface area contributed by atoms with E-state index in [9.17, 15) is 9.18 Å². The van der Waals surface area contributed by atoms with E-state index in [4.69, 9.17) is 10.00 Å². The van der Waals surface area contributed by atoms with Gasteiger partial charge in [-0.05, 0) is 55.8 Å². The van der Waals surface area contributed by atoms with E-state index in [-0.39, 0.29) is 30.8 Å². The summed E-state index contributed by atoms with van der Waals surface area (Å²) in [5.74, 6) is 0.204. The van der Waals surface area contributed by atoms with Gasteiger partial charge in [0, 0.05) is 12.6 Å². The maximum atomic E-state index is 12.9. The van der Waals surface area contributed by atoms with Gasteiger partial charge in [0.15, 0.2) is 0 Å². The highest BCUT2D eigenvalue weighted by Gasteiger charge is 2.17. The Hall–Kier alpha value is -2.87. The van der Waals surface area contributed by atoms with Crippen LogP contribution in [0.4, 0.5) is 4.39 Å². The Morgan fingerprint density at radius 2 is 1.80 bits per heavy atom. The van der Waals surface area contributed by atoms with Crippen LogP contribution < -0.4 is 4.74 Å². The highest BCUT2D eigenvalue weighted by atomic mass is 19.1. The third-order valence-corrected chi connectivity index (χ3v) is 3.78. The lowest BCUT2D eigenvalue weighted by Gasteiger charge is -2.27. The van der Waals surface area contributed by atoms with Gasteiger partial charge in [-0.2, -0.15) is 5.26 Å². The van der Waals surface area contributed by atoms with Gasteiger partial charge < -0.3 is 9.64 Å². The normalized spacial score (nSPS) is 10.4. The van der Waals surface area contributed by atoms with Crippen LogP contribution in [0.5, 0.6) is 5.75 Å². The number of hydrogen-bond acceptors (Lipinski definition) is 3. The summed E-state index contributed by atoms with van der Waals surface area (Å²) < 4.78 is 18.3. The number of amides is 1. The van der Waals surface area contributed by atoms with Crippen LogP contribution in [0.25, 0.3) is 0 Å². The number of hydrogen-bond donors (Lipinski definition) is 0. The molecule has 5 heteroatoms. The molecule has 0 unspecified atom stereocenters. The first-order chi connectivity index (χ1) is 12.0. The summed E-state index contributed by atoms with van der Waals surface area (Å²) in [5.41, 5.74) is 1.57. The van der Waals surface area contributed by atoms with Crippen LogP contribution >= 0.6 is 0 Å². The third kappa shape index (κ3) is 5.61. The highest BCUT2D eigenvalue weighted by Crippen LogP contribution is 2.14. The molecule has 0 bridgehead atoms. The maximum Gasteiger partial charge on any atom is 0.226 e. The molecule has 2 aromatic rings. The summed E-state index contributed by atoms with van der Waals surface area (Å²) in [5, 5.41) is 8.84. The minimum Gasteiger partial charge on any atom is -0.493 e. The molecule has 0 radical (unpaired) electrons. The first-order valence-corrected chi connectivity index (χ1v) is 8.16. The summed E-state index contributed by atoms with van der Waals surface area (Å²) in [6.07, 6.45) is 0.242. The molecule has 0 aliphatic heterocycles. The molecule has 0 fully saturated rings. The largest absolute Gasteiger partial charge is 0.493 e. The number of carbonyl (C=O) groups is 1. The van der Waals surface area contributed by atoms with Gasteiger partial charge in [-0.25, -0.2) is 4.39 Å². The molecule has 0 spiro atoms. The van der Waals surface area contributed by atoms with E-state index < -0.39 is 0 Å². The van der Waals surface area contributed by atoms with Crippen molar-refractivity contribution < 1.29 is 13.9 Å². The monoisotopic (exact) mass is 340 g/mol. The van der Waals surface area contributed by atoms with Gasteiger partial charge in [0.25, 0.3) is 0 Å². The van der Waals surface area contributed by atoms with E-state index in [1.165, 1.54) is 24.3 Å². The smallest absolute Gasteiger partial charge is 0.226 e. The Morgan fingerprint density at radius 3 is 2.36 bits per heavy atom. The van der Waals surface area contributed by atoms with Gasteiger partial charge in [-0.1, -0.05) is 12.1 Å². The maximum absolute atomic E-state index is 12.9. The van der Waals surface area contributed by atoms with Crippen LogP contribution in [-0.4, -0.2) is 23.5 Å². The van der Waals surface area contributed by atoms with Gasteiger partial charge in [-0.3, -0.25) is 4.79 Å². The Labute approximate surface area is 147 Å². The quantitative estimate of drug-likeness (QED) is 0.768. The highest BCUT2D eigenvalue weighted by molar-refractivity contribution is 5.76. The van der Waals surface area contributed by atoms with Gasteiger partial charge >= 0.3 is 0 Å². The fraction of sp³-hybridized carbons (Fsp3) is 0.300. The van der Waals surface area contributed by atoms with Crippen molar-refractivity contribution in [2.45, 2.75) is 32.9 Å². The molecule has 0 N–H and O–H groups in total. The lowest BCUT2D eigenvalue weighted by atomic mass is 10.1. The first kappa shape index (κ1) is 18.5. The molecule has 0 aromatic heterocycles. The van der Waals surface area contributed by atoms with E-state index in [0.717, 1.165) is 5.56 Å². The van der Waals surface area contributed by atoms with Crippen molar-refractivity contribution in [2.75, 3.05) is 6.61 Å². The SMILES string of the molecule is CC(C)N(Cc1ccc(C#N)cc1)C(=O)CCOc1ccc(F)cc1. The first-order valence-electron chi connectivity index (χ1n) is 8.16. The molecule has 0 aliphatic carbocycles. The standard InChI is InChI=1S/C20H21FN2O2/c1-15(2)23(14-17-5-3-16(13-22)4-6-17)20(24)11-12-25-19-9-7-18(21)8-10-19/h3-10,15H,11-12,14H2,1-2H3. The molecule has 0 atom stereocenters. The van der Waals surface area contributed by atoms with Crippen LogP contribution in [0, 0.1) is 17.1 Å². The molecule has 4 nitrogen and oxygen atoms in total. The second-order valence-electron chi connectivity index (χ2n) is 5.98. The van der Waals surface area contributed by atoms with Crippen molar-refractivity contribution in [3.05, 3.63) is 65.5 Å². The van der Waals surface area contributed by atoms with Crippen LogP contribution in [0.1, 0.15) is 31.4 Å². The van der Waals surface area contributed by atoms with E-state index in [0.29, 0.717) is 17.9 Å². The molecule has 1 amide bonds. The fourth-order valence-corrected chi connectivity index (χ4v) is 2.37. The molecule has 0 aliphatic rings. The van der Waals surface area contributed by atoms with Gasteiger partial charge in [-0.15, -0.1) is 0 Å². The average molecular weight is 340 g/mol. The van der Waals surface area contributed by atoms with E-state index >= 15 is 0 Å². The summed E-state index contributed by atoms with van der Waals surface area (Å²) in [6.45, 7) is 4.64. The molecule has 2 rings (SSSR count). The summed E-state index contributed by atoms with van der Waals surface area (Å²) >= 11 is 0. The fourth-order valence-electron chi connectivity index (χ4n) is 2.37. The third-order valence-electron chi connectivity index (χ3n) is 3.78. The van der Waals surface area contributed by atoms with Gasteiger partial charge in [0.1, 0.15) is 11.6 Å². The zero-order valence-electron chi connectivity index (χ0n) is 14.4. The van der Waals surface area contributed by atoms with Crippen LogP contribution in [-0.2, 0) is 11.3 Å². The summed E-state index contributed by atoms with van der Waals surface area (Å²) in [4.78, 5) is 14.3. The number of benzene rings is 2. The molecule has 25 heavy (non-hydrogen) atoms. The molecular weight excluding hydrogens is 319 g/mol. The predicted molar refractivity (Wildman–Crippen MR) is 93.4 cm³/mol. The lowest BCUT2D eigenvalue weighted by molar-refractivity contribution is -0.134. The Morgan fingerprint density at radius 1 is 1.16 bits per heavy atom. The number of rotatable bonds is 7. The second-order valence-corrected chi connectivity index (χ2v) is 5.98. The van der Waals surface area contributed by atoms with E-state index in [1.54, 1.807) is 17.0 Å². The number of nitrogens with zero attached hydrogens (tertiary/aromatic N) is 2. The Kier molecular flexibility index (Phi) is 6.53. The van der Waals surface area contributed by atoms with Crippen molar-refractivity contribution in [3.8, 4) is 11.8 Å². The number of nitriles is 1. The zero-order valence-corrected chi connectivity index (χ0v) is 14.4. The van der Waals surface area contributed by atoms with Crippen LogP contribution in [0.2, 0.25) is 0 Å². The number of halogens is 1. The van der Waals surface area contributed by atoms with Crippen molar-refractivity contribution >= 4 is 5.91 Å². The van der Waals surface area contributed by atoms with Crippen molar-refractivity contribution in [1.29, 1.82) is 5.26 Å². The number of ether oxygens (including phenoxy) is 1. The van der Waals surface area contributed by atoms with E-state index in [1.807, 2.05) is 26.0 Å². The predicted octanol–water partition coefficient (Wildman–Crippen LogP) is 3.90. The average Bonchev–Trinajstić information content (AvgIpc) is 2.61. The molecule has 0 saturated heterocycles. The van der Waals surface area contributed by atoms with E-state index in [2.05, 4.69) is 6.07 Å². The van der Waals surface area contributed by atoms with Crippen LogP contribution in [0.15, 0.2) is 48.5 Å². The minimum atomic E-state index is -0.322.